The Bertz CT molecular complexity index is 974. The van der Waals surface area contributed by atoms with Crippen LogP contribution in [0.1, 0.15) is 35.8 Å². The van der Waals surface area contributed by atoms with Crippen LogP contribution in [0.25, 0.3) is 0 Å². The summed E-state index contributed by atoms with van der Waals surface area (Å²) in [5.74, 6) is 0.632. The van der Waals surface area contributed by atoms with Crippen molar-refractivity contribution in [2.75, 3.05) is 5.32 Å². The summed E-state index contributed by atoms with van der Waals surface area (Å²) in [7, 11) is 0. The van der Waals surface area contributed by atoms with Gasteiger partial charge in [-0.3, -0.25) is 10.1 Å². The molecule has 0 aliphatic heterocycles. The zero-order chi connectivity index (χ0) is 20.3. The van der Waals surface area contributed by atoms with Crippen LogP contribution in [0.4, 0.5) is 24.5 Å². The van der Waals surface area contributed by atoms with Gasteiger partial charge in [0.25, 0.3) is 5.69 Å². The monoisotopic (exact) mass is 392 g/mol. The topological polar surface area (TPSA) is 94.1 Å². The molecule has 0 fully saturated rings. The van der Waals surface area contributed by atoms with Crippen LogP contribution < -0.4 is 5.32 Å². The molecule has 3 rings (SSSR count). The van der Waals surface area contributed by atoms with Crippen LogP contribution in [-0.2, 0) is 12.6 Å². The second-order valence-electron chi connectivity index (χ2n) is 6.06. The molecule has 1 heterocycles. The number of anilines is 1. The van der Waals surface area contributed by atoms with E-state index in [0.717, 1.165) is 11.6 Å². The van der Waals surface area contributed by atoms with E-state index in [1.54, 1.807) is 6.92 Å². The first-order chi connectivity index (χ1) is 13.2. The third-order valence-corrected chi connectivity index (χ3v) is 3.95. The number of benzene rings is 2. The lowest BCUT2D eigenvalue weighted by Gasteiger charge is -2.14. The first-order valence-electron chi connectivity index (χ1n) is 8.22. The molecule has 146 valence electrons. The van der Waals surface area contributed by atoms with Crippen LogP contribution in [-0.4, -0.2) is 15.1 Å². The van der Waals surface area contributed by atoms with Gasteiger partial charge in [0.1, 0.15) is 5.56 Å². The highest BCUT2D eigenvalue weighted by molar-refractivity contribution is 5.55. The normalized spacial score (nSPS) is 12.6. The van der Waals surface area contributed by atoms with E-state index in [1.807, 2.05) is 30.3 Å². The van der Waals surface area contributed by atoms with Crippen LogP contribution in [0.5, 0.6) is 0 Å². The molecule has 0 radical (unpaired) electrons. The van der Waals surface area contributed by atoms with Crippen molar-refractivity contribution in [3.8, 4) is 0 Å². The largest absolute Gasteiger partial charge is 0.423 e. The molecule has 7 nitrogen and oxygen atoms in total. The van der Waals surface area contributed by atoms with E-state index >= 15 is 0 Å². The summed E-state index contributed by atoms with van der Waals surface area (Å²) in [6.45, 7) is 1.64. The lowest BCUT2D eigenvalue weighted by molar-refractivity contribution is -0.388. The minimum absolute atomic E-state index is 0.0554. The summed E-state index contributed by atoms with van der Waals surface area (Å²) >= 11 is 0. The predicted octanol–water partition coefficient (Wildman–Crippen LogP) is 4.76. The van der Waals surface area contributed by atoms with E-state index in [2.05, 4.69) is 15.5 Å². The lowest BCUT2D eigenvalue weighted by Crippen LogP contribution is -2.12. The molecule has 1 atom stereocenters. The fourth-order valence-electron chi connectivity index (χ4n) is 2.61. The van der Waals surface area contributed by atoms with E-state index in [1.165, 1.54) is 6.07 Å². The molecule has 3 aromatic rings. The molecule has 0 aliphatic carbocycles. The van der Waals surface area contributed by atoms with Crippen molar-refractivity contribution in [1.82, 2.24) is 10.1 Å². The van der Waals surface area contributed by atoms with E-state index in [9.17, 15) is 23.3 Å². The van der Waals surface area contributed by atoms with Crippen molar-refractivity contribution in [3.63, 3.8) is 0 Å². The Kier molecular flexibility index (Phi) is 5.30. The molecule has 0 bridgehead atoms. The number of nitrogens with zero attached hydrogens (tertiary/aromatic N) is 3. The molecule has 1 N–H and O–H groups in total. The van der Waals surface area contributed by atoms with Gasteiger partial charge in [0.2, 0.25) is 5.89 Å². The van der Waals surface area contributed by atoms with Crippen LogP contribution >= 0.6 is 0 Å². The SMILES string of the molecule is CC(Nc1ccc([N+](=O)[O-])c(C(F)(F)F)c1)c1noc(Cc2ccccc2)n1. The summed E-state index contributed by atoms with van der Waals surface area (Å²) in [5, 5.41) is 17.5. The third-order valence-electron chi connectivity index (χ3n) is 3.95. The highest BCUT2D eigenvalue weighted by Crippen LogP contribution is 2.38. The summed E-state index contributed by atoms with van der Waals surface area (Å²) < 4.78 is 44.4. The van der Waals surface area contributed by atoms with Crippen molar-refractivity contribution in [3.05, 3.63) is 81.5 Å². The zero-order valence-corrected chi connectivity index (χ0v) is 14.6. The Labute approximate surface area is 157 Å². The Morgan fingerprint density at radius 2 is 1.93 bits per heavy atom. The molecule has 0 aliphatic rings. The van der Waals surface area contributed by atoms with Crippen molar-refractivity contribution >= 4 is 11.4 Å². The second kappa shape index (κ2) is 7.67. The van der Waals surface area contributed by atoms with Gasteiger partial charge in [-0.25, -0.2) is 0 Å². The average molecular weight is 392 g/mol. The zero-order valence-electron chi connectivity index (χ0n) is 14.6. The molecule has 2 aromatic carbocycles. The summed E-state index contributed by atoms with van der Waals surface area (Å²) in [6.07, 6.45) is -4.42. The molecule has 0 saturated heterocycles. The number of halogens is 3. The first-order valence-corrected chi connectivity index (χ1v) is 8.22. The van der Waals surface area contributed by atoms with Gasteiger partial charge in [-0.1, -0.05) is 35.5 Å². The Morgan fingerprint density at radius 3 is 2.57 bits per heavy atom. The van der Waals surface area contributed by atoms with Gasteiger partial charge in [0, 0.05) is 11.8 Å². The van der Waals surface area contributed by atoms with Crippen molar-refractivity contribution in [2.45, 2.75) is 25.6 Å². The maximum absolute atomic E-state index is 13.1. The van der Waals surface area contributed by atoms with Gasteiger partial charge < -0.3 is 9.84 Å². The van der Waals surface area contributed by atoms with Crippen molar-refractivity contribution in [1.29, 1.82) is 0 Å². The fourth-order valence-corrected chi connectivity index (χ4v) is 2.61. The highest BCUT2D eigenvalue weighted by atomic mass is 19.4. The number of nitro benzene ring substituents is 1. The maximum Gasteiger partial charge on any atom is 0.423 e. The Balaban J connectivity index is 1.76. The number of nitro groups is 1. The predicted molar refractivity (Wildman–Crippen MR) is 93.7 cm³/mol. The standard InChI is InChI=1S/C18H15F3N4O3/c1-11(17-23-16(28-24-17)9-12-5-3-2-4-6-12)22-13-7-8-15(25(26)27)14(10-13)18(19,20)21/h2-8,10-11,22H,9H2,1H3. The summed E-state index contributed by atoms with van der Waals surface area (Å²) in [5.41, 5.74) is -1.30. The molecule has 1 aromatic heterocycles. The maximum atomic E-state index is 13.1. The smallest absolute Gasteiger partial charge is 0.375 e. The van der Waals surface area contributed by atoms with Crippen LogP contribution in [0.2, 0.25) is 0 Å². The van der Waals surface area contributed by atoms with E-state index in [4.69, 9.17) is 4.52 Å². The number of hydrogen-bond acceptors (Lipinski definition) is 6. The minimum Gasteiger partial charge on any atom is -0.375 e. The third kappa shape index (κ3) is 4.45. The quantitative estimate of drug-likeness (QED) is 0.480. The Morgan fingerprint density at radius 1 is 1.21 bits per heavy atom. The number of nitrogens with one attached hydrogen (secondary N) is 1. The molecular formula is C18H15F3N4O3. The van der Waals surface area contributed by atoms with E-state index < -0.39 is 28.4 Å². The van der Waals surface area contributed by atoms with Crippen molar-refractivity contribution < 1.29 is 22.6 Å². The van der Waals surface area contributed by atoms with Gasteiger partial charge >= 0.3 is 6.18 Å². The van der Waals surface area contributed by atoms with Gasteiger partial charge in [-0.2, -0.15) is 18.2 Å². The molecule has 0 spiro atoms. The molecule has 0 amide bonds. The molecule has 28 heavy (non-hydrogen) atoms. The highest BCUT2D eigenvalue weighted by Gasteiger charge is 2.38. The van der Waals surface area contributed by atoms with Gasteiger partial charge in [-0.15, -0.1) is 0 Å². The van der Waals surface area contributed by atoms with E-state index in [0.29, 0.717) is 18.4 Å². The molecule has 1 unspecified atom stereocenters. The number of rotatable bonds is 6. The number of hydrogen-bond donors (Lipinski definition) is 1. The number of alkyl halides is 3. The van der Waals surface area contributed by atoms with Gasteiger partial charge in [-0.05, 0) is 24.6 Å². The van der Waals surface area contributed by atoms with Crippen LogP contribution in [0, 0.1) is 10.1 Å². The number of aromatic nitrogens is 2. The molecule has 10 heteroatoms. The van der Waals surface area contributed by atoms with Crippen LogP contribution in [0.3, 0.4) is 0 Å². The van der Waals surface area contributed by atoms with E-state index in [-0.39, 0.29) is 11.5 Å². The van der Waals surface area contributed by atoms with Crippen LogP contribution in [0.15, 0.2) is 53.1 Å². The Hall–Kier alpha value is -3.43. The first kappa shape index (κ1) is 19.3. The second-order valence-corrected chi connectivity index (χ2v) is 6.06. The molecular weight excluding hydrogens is 377 g/mol. The van der Waals surface area contributed by atoms with Crippen molar-refractivity contribution in [2.24, 2.45) is 0 Å². The molecule has 0 saturated carbocycles. The fraction of sp³-hybridized carbons (Fsp3) is 0.222. The average Bonchev–Trinajstić information content (AvgIpc) is 3.10. The summed E-state index contributed by atoms with van der Waals surface area (Å²) in [4.78, 5) is 14.0. The minimum atomic E-state index is -4.85. The summed E-state index contributed by atoms with van der Waals surface area (Å²) in [6, 6.07) is 11.6. The van der Waals surface area contributed by atoms with Gasteiger partial charge in [0.15, 0.2) is 5.82 Å². The lowest BCUT2D eigenvalue weighted by atomic mass is 10.1. The van der Waals surface area contributed by atoms with Gasteiger partial charge in [0.05, 0.1) is 17.4 Å².